The zero-order valence-corrected chi connectivity index (χ0v) is 13.3. The Morgan fingerprint density at radius 1 is 1.19 bits per heavy atom. The maximum atomic E-state index is 12.3. The summed E-state index contributed by atoms with van der Waals surface area (Å²) in [5.41, 5.74) is 1.40. The van der Waals surface area contributed by atoms with E-state index >= 15 is 0 Å². The van der Waals surface area contributed by atoms with Crippen LogP contribution in [0.15, 0.2) is 40.9 Å². The van der Waals surface area contributed by atoms with Gasteiger partial charge in [0.1, 0.15) is 0 Å². The summed E-state index contributed by atoms with van der Waals surface area (Å²) in [5, 5.41) is 12.1. The molecular weight excluding hydrogens is 358 g/mol. The van der Waals surface area contributed by atoms with Crippen LogP contribution in [-0.4, -0.2) is 17.0 Å². The molecule has 21 heavy (non-hydrogen) atoms. The Labute approximate surface area is 134 Å². The van der Waals surface area contributed by atoms with Crippen LogP contribution in [0.3, 0.4) is 0 Å². The first-order valence-electron chi connectivity index (χ1n) is 5.99. The summed E-state index contributed by atoms with van der Waals surface area (Å²) in [6.07, 6.45) is 0. The van der Waals surface area contributed by atoms with Crippen LogP contribution in [0.25, 0.3) is 0 Å². The van der Waals surface area contributed by atoms with Crippen molar-refractivity contribution < 1.29 is 14.7 Å². The van der Waals surface area contributed by atoms with Gasteiger partial charge in [-0.3, -0.25) is 4.79 Å². The molecule has 2 N–H and O–H groups in total. The molecule has 2 rings (SSSR count). The van der Waals surface area contributed by atoms with Gasteiger partial charge in [-0.15, -0.1) is 0 Å². The molecule has 0 fully saturated rings. The smallest absolute Gasteiger partial charge is 0.337 e. The van der Waals surface area contributed by atoms with Crippen LogP contribution >= 0.6 is 27.5 Å². The van der Waals surface area contributed by atoms with Crippen molar-refractivity contribution in [2.45, 2.75) is 6.92 Å². The van der Waals surface area contributed by atoms with Gasteiger partial charge in [-0.1, -0.05) is 33.6 Å². The number of carbonyl (C=O) groups excluding carboxylic acids is 1. The van der Waals surface area contributed by atoms with Crippen LogP contribution in [0, 0.1) is 6.92 Å². The number of rotatable bonds is 3. The van der Waals surface area contributed by atoms with Crippen molar-refractivity contribution in [3.63, 3.8) is 0 Å². The van der Waals surface area contributed by atoms with Gasteiger partial charge in [0.05, 0.1) is 11.3 Å². The fourth-order valence-corrected chi connectivity index (χ4v) is 2.38. The minimum atomic E-state index is -1.15. The first-order chi connectivity index (χ1) is 9.90. The molecule has 0 aromatic heterocycles. The molecule has 0 saturated heterocycles. The maximum Gasteiger partial charge on any atom is 0.337 e. The zero-order valence-electron chi connectivity index (χ0n) is 11.0. The summed E-state index contributed by atoms with van der Waals surface area (Å²) in [5.74, 6) is -1.53. The lowest BCUT2D eigenvalue weighted by molar-refractivity contribution is 0.0698. The molecule has 1 amide bonds. The fourth-order valence-electron chi connectivity index (χ4n) is 1.85. The number of anilines is 1. The van der Waals surface area contributed by atoms with Gasteiger partial charge in [0.15, 0.2) is 0 Å². The summed E-state index contributed by atoms with van der Waals surface area (Å²) < 4.78 is 0.810. The van der Waals surface area contributed by atoms with E-state index in [1.54, 1.807) is 19.1 Å². The fraction of sp³-hybridized carbons (Fsp3) is 0.0667. The highest BCUT2D eigenvalue weighted by Crippen LogP contribution is 2.24. The third-order valence-corrected chi connectivity index (χ3v) is 4.07. The van der Waals surface area contributed by atoms with Gasteiger partial charge >= 0.3 is 5.97 Å². The van der Waals surface area contributed by atoms with E-state index in [-0.39, 0.29) is 17.2 Å². The van der Waals surface area contributed by atoms with E-state index < -0.39 is 5.97 Å². The lowest BCUT2D eigenvalue weighted by Crippen LogP contribution is -2.16. The Balaban J connectivity index is 2.36. The average molecular weight is 369 g/mol. The van der Waals surface area contributed by atoms with Crippen LogP contribution in [0.2, 0.25) is 5.02 Å². The molecule has 0 heterocycles. The van der Waals surface area contributed by atoms with Crippen molar-refractivity contribution in [1.29, 1.82) is 0 Å². The highest BCUT2D eigenvalue weighted by Gasteiger charge is 2.16. The van der Waals surface area contributed by atoms with Gasteiger partial charge < -0.3 is 10.4 Å². The Bertz CT molecular complexity index is 731. The van der Waals surface area contributed by atoms with Gasteiger partial charge in [-0.05, 0) is 42.8 Å². The second-order valence-corrected chi connectivity index (χ2v) is 5.65. The molecule has 0 radical (unpaired) electrons. The van der Waals surface area contributed by atoms with E-state index in [9.17, 15) is 9.59 Å². The minimum absolute atomic E-state index is 0.0523. The van der Waals surface area contributed by atoms with E-state index in [0.29, 0.717) is 10.6 Å². The Kier molecular flexibility index (Phi) is 4.65. The number of nitrogens with one attached hydrogen (secondary N) is 1. The number of carbonyl (C=O) groups is 2. The second kappa shape index (κ2) is 6.28. The SMILES string of the molecule is Cc1c(Br)cccc1C(=O)Nc1ccc(Cl)cc1C(=O)O. The number of halogens is 2. The highest BCUT2D eigenvalue weighted by atomic mass is 79.9. The molecule has 0 atom stereocenters. The molecule has 0 bridgehead atoms. The monoisotopic (exact) mass is 367 g/mol. The number of hydrogen-bond donors (Lipinski definition) is 2. The number of carboxylic acid groups (broad SMARTS) is 1. The minimum Gasteiger partial charge on any atom is -0.478 e. The van der Waals surface area contributed by atoms with Crippen LogP contribution < -0.4 is 5.32 Å². The predicted molar refractivity (Wildman–Crippen MR) is 85.2 cm³/mol. The second-order valence-electron chi connectivity index (χ2n) is 4.36. The molecule has 0 saturated carbocycles. The number of aromatic carboxylic acids is 1. The quantitative estimate of drug-likeness (QED) is 0.846. The number of amides is 1. The Morgan fingerprint density at radius 2 is 1.90 bits per heavy atom. The predicted octanol–water partition coefficient (Wildman–Crippen LogP) is 4.36. The van der Waals surface area contributed by atoms with Crippen molar-refractivity contribution in [1.82, 2.24) is 0 Å². The summed E-state index contributed by atoms with van der Waals surface area (Å²) in [7, 11) is 0. The average Bonchev–Trinajstić information content (AvgIpc) is 2.43. The zero-order chi connectivity index (χ0) is 15.6. The summed E-state index contributed by atoms with van der Waals surface area (Å²) in [6, 6.07) is 9.54. The standard InChI is InChI=1S/C15H11BrClNO3/c1-8-10(3-2-4-12(8)16)14(19)18-13-6-5-9(17)7-11(13)15(20)21/h2-7H,1H3,(H,18,19)(H,20,21). The number of benzene rings is 2. The highest BCUT2D eigenvalue weighted by molar-refractivity contribution is 9.10. The summed E-state index contributed by atoms with van der Waals surface area (Å²) in [6.45, 7) is 1.80. The topological polar surface area (TPSA) is 66.4 Å². The first kappa shape index (κ1) is 15.5. The van der Waals surface area contributed by atoms with Crippen molar-refractivity contribution in [2.24, 2.45) is 0 Å². The van der Waals surface area contributed by atoms with Crippen molar-refractivity contribution >= 4 is 45.1 Å². The lowest BCUT2D eigenvalue weighted by Gasteiger charge is -2.11. The van der Waals surface area contributed by atoms with Crippen LogP contribution in [0.1, 0.15) is 26.3 Å². The van der Waals surface area contributed by atoms with Gasteiger partial charge in [0.25, 0.3) is 5.91 Å². The number of hydrogen-bond acceptors (Lipinski definition) is 2. The van der Waals surface area contributed by atoms with Gasteiger partial charge in [-0.25, -0.2) is 4.79 Å². The molecule has 6 heteroatoms. The van der Waals surface area contributed by atoms with E-state index in [2.05, 4.69) is 21.2 Å². The van der Waals surface area contributed by atoms with Crippen LogP contribution in [0.4, 0.5) is 5.69 Å². The molecular formula is C15H11BrClNO3. The number of carboxylic acids is 1. The van der Waals surface area contributed by atoms with Gasteiger partial charge in [-0.2, -0.15) is 0 Å². The lowest BCUT2D eigenvalue weighted by atomic mass is 10.1. The molecule has 0 aliphatic carbocycles. The molecule has 0 aliphatic rings. The van der Waals surface area contributed by atoms with Crippen LogP contribution in [-0.2, 0) is 0 Å². The van der Waals surface area contributed by atoms with Crippen molar-refractivity contribution in [2.75, 3.05) is 5.32 Å². The van der Waals surface area contributed by atoms with Crippen molar-refractivity contribution in [3.8, 4) is 0 Å². The molecule has 0 spiro atoms. The van der Waals surface area contributed by atoms with E-state index in [0.717, 1.165) is 10.0 Å². The first-order valence-corrected chi connectivity index (χ1v) is 7.16. The maximum absolute atomic E-state index is 12.3. The van der Waals surface area contributed by atoms with Crippen LogP contribution in [0.5, 0.6) is 0 Å². The molecule has 2 aromatic rings. The third kappa shape index (κ3) is 3.43. The molecule has 2 aromatic carbocycles. The molecule has 0 unspecified atom stereocenters. The summed E-state index contributed by atoms with van der Waals surface area (Å²) in [4.78, 5) is 23.5. The van der Waals surface area contributed by atoms with Crippen molar-refractivity contribution in [3.05, 3.63) is 62.6 Å². The normalized spacial score (nSPS) is 10.2. The van der Waals surface area contributed by atoms with Gasteiger partial charge in [0.2, 0.25) is 0 Å². The van der Waals surface area contributed by atoms with E-state index in [1.165, 1.54) is 18.2 Å². The van der Waals surface area contributed by atoms with E-state index in [1.807, 2.05) is 6.07 Å². The summed E-state index contributed by atoms with van der Waals surface area (Å²) >= 11 is 9.13. The molecule has 4 nitrogen and oxygen atoms in total. The molecule has 108 valence electrons. The Hall–Kier alpha value is -1.85. The third-order valence-electron chi connectivity index (χ3n) is 2.97. The Morgan fingerprint density at radius 3 is 2.57 bits per heavy atom. The van der Waals surface area contributed by atoms with Gasteiger partial charge in [0, 0.05) is 15.1 Å². The van der Waals surface area contributed by atoms with E-state index in [4.69, 9.17) is 16.7 Å². The largest absolute Gasteiger partial charge is 0.478 e. The molecule has 0 aliphatic heterocycles.